The maximum Gasteiger partial charge on any atom is 0.315 e. The molecule has 0 bridgehead atoms. The van der Waals surface area contributed by atoms with E-state index < -0.39 is 12.3 Å². The van der Waals surface area contributed by atoms with Crippen molar-refractivity contribution in [1.29, 1.82) is 0 Å². The quantitative estimate of drug-likeness (QED) is 0.710. The van der Waals surface area contributed by atoms with Crippen LogP contribution in [0.5, 0.6) is 0 Å². The molecule has 2 nitrogen and oxygen atoms in total. The number of nitrogens with one attached hydrogen (secondary N) is 1. The molecule has 1 unspecified atom stereocenters. The summed E-state index contributed by atoms with van der Waals surface area (Å²) in [7, 11) is 0. The Hall–Kier alpha value is -0.670. The highest BCUT2D eigenvalue weighted by Gasteiger charge is 2.32. The molecule has 0 spiro atoms. The van der Waals surface area contributed by atoms with Gasteiger partial charge < -0.3 is 5.32 Å². The van der Waals surface area contributed by atoms with Gasteiger partial charge in [-0.2, -0.15) is 8.78 Å². The Kier molecular flexibility index (Phi) is 2.88. The van der Waals surface area contributed by atoms with Crippen LogP contribution >= 0.6 is 0 Å². The minimum Gasteiger partial charge on any atom is -0.348 e. The van der Waals surface area contributed by atoms with Gasteiger partial charge in [-0.25, -0.2) is 0 Å². The summed E-state index contributed by atoms with van der Waals surface area (Å²) in [6, 6.07) is -0.0588. The van der Waals surface area contributed by atoms with Gasteiger partial charge in [-0.15, -0.1) is 0 Å². The zero-order valence-corrected chi connectivity index (χ0v) is 7.94. The third kappa shape index (κ3) is 2.94. The molecule has 1 aliphatic rings. The van der Waals surface area contributed by atoms with E-state index in [-0.39, 0.29) is 11.5 Å². The normalized spacial score (nSPS) is 26.4. The van der Waals surface area contributed by atoms with Gasteiger partial charge in [0.25, 0.3) is 5.91 Å². The van der Waals surface area contributed by atoms with Crippen LogP contribution in [0.1, 0.15) is 33.1 Å². The molecule has 1 rings (SSSR count). The van der Waals surface area contributed by atoms with Gasteiger partial charge >= 0.3 is 6.43 Å². The van der Waals surface area contributed by atoms with Gasteiger partial charge in [-0.3, -0.25) is 4.79 Å². The second-order valence-electron chi connectivity index (χ2n) is 4.41. The van der Waals surface area contributed by atoms with E-state index in [1.54, 1.807) is 0 Å². The lowest BCUT2D eigenvalue weighted by Gasteiger charge is -2.17. The summed E-state index contributed by atoms with van der Waals surface area (Å²) in [5.74, 6) is -1.14. The highest BCUT2D eigenvalue weighted by molar-refractivity contribution is 5.79. The van der Waals surface area contributed by atoms with Gasteiger partial charge in [0.2, 0.25) is 0 Å². The Morgan fingerprint density at radius 2 is 2.15 bits per heavy atom. The molecule has 0 heterocycles. The zero-order chi connectivity index (χ0) is 10.1. The van der Waals surface area contributed by atoms with E-state index in [2.05, 4.69) is 19.2 Å². The fraction of sp³-hybridized carbons (Fsp3) is 0.889. The van der Waals surface area contributed by atoms with Crippen molar-refractivity contribution in [2.45, 2.75) is 45.6 Å². The Morgan fingerprint density at radius 1 is 1.54 bits per heavy atom. The Balaban J connectivity index is 2.37. The first-order chi connectivity index (χ1) is 5.91. The van der Waals surface area contributed by atoms with Gasteiger partial charge in [0.1, 0.15) is 0 Å². The number of carbonyl (C=O) groups excluding carboxylic acids is 1. The average Bonchev–Trinajstić information content (AvgIpc) is 2.30. The molecule has 1 fully saturated rings. The van der Waals surface area contributed by atoms with Crippen LogP contribution < -0.4 is 5.32 Å². The first-order valence-corrected chi connectivity index (χ1v) is 4.49. The number of hydrogen-bond acceptors (Lipinski definition) is 1. The summed E-state index contributed by atoms with van der Waals surface area (Å²) in [6.45, 7) is 4.17. The summed E-state index contributed by atoms with van der Waals surface area (Å²) in [5, 5.41) is 2.34. The van der Waals surface area contributed by atoms with E-state index in [4.69, 9.17) is 0 Å². The van der Waals surface area contributed by atoms with E-state index in [1.165, 1.54) is 0 Å². The number of carbonyl (C=O) groups is 1. The van der Waals surface area contributed by atoms with Crippen molar-refractivity contribution in [3.63, 3.8) is 0 Å². The van der Waals surface area contributed by atoms with Crippen molar-refractivity contribution in [2.24, 2.45) is 5.41 Å². The van der Waals surface area contributed by atoms with Gasteiger partial charge in [-0.05, 0) is 24.7 Å². The van der Waals surface area contributed by atoms with E-state index in [0.717, 1.165) is 19.3 Å². The minimum absolute atomic E-state index is 0.0588. The summed E-state index contributed by atoms with van der Waals surface area (Å²) >= 11 is 0. The first kappa shape index (κ1) is 10.4. The smallest absolute Gasteiger partial charge is 0.315 e. The standard InChI is InChI=1S/C9H15F2NO/c1-9(2)4-3-6(5-9)12-8(13)7(10)11/h6-7H,3-5H2,1-2H3,(H,12,13). The van der Waals surface area contributed by atoms with Crippen LogP contribution in [0.15, 0.2) is 0 Å². The van der Waals surface area contributed by atoms with E-state index in [9.17, 15) is 13.6 Å². The number of rotatable bonds is 2. The van der Waals surface area contributed by atoms with Gasteiger partial charge in [0, 0.05) is 6.04 Å². The van der Waals surface area contributed by atoms with Crippen LogP contribution in [-0.2, 0) is 4.79 Å². The number of halogens is 2. The zero-order valence-electron chi connectivity index (χ0n) is 7.94. The van der Waals surface area contributed by atoms with Crippen molar-refractivity contribution in [3.05, 3.63) is 0 Å². The van der Waals surface area contributed by atoms with E-state index >= 15 is 0 Å². The molecule has 1 saturated carbocycles. The topological polar surface area (TPSA) is 29.1 Å². The first-order valence-electron chi connectivity index (χ1n) is 4.49. The van der Waals surface area contributed by atoms with E-state index in [0.29, 0.717) is 0 Å². The lowest BCUT2D eigenvalue weighted by molar-refractivity contribution is -0.132. The van der Waals surface area contributed by atoms with Gasteiger partial charge in [0.15, 0.2) is 0 Å². The largest absolute Gasteiger partial charge is 0.348 e. The maximum atomic E-state index is 11.9. The predicted octanol–water partition coefficient (Wildman–Crippen LogP) is 1.95. The molecular formula is C9H15F2NO. The molecule has 1 N–H and O–H groups in total. The van der Waals surface area contributed by atoms with Crippen LogP contribution in [0, 0.1) is 5.41 Å². The van der Waals surface area contributed by atoms with Crippen molar-refractivity contribution in [2.75, 3.05) is 0 Å². The highest BCUT2D eigenvalue weighted by Crippen LogP contribution is 2.36. The number of alkyl halides is 2. The molecule has 76 valence electrons. The average molecular weight is 191 g/mol. The monoisotopic (exact) mass is 191 g/mol. The molecular weight excluding hydrogens is 176 g/mol. The van der Waals surface area contributed by atoms with Crippen LogP contribution in [-0.4, -0.2) is 18.4 Å². The van der Waals surface area contributed by atoms with Crippen LogP contribution in [0.4, 0.5) is 8.78 Å². The van der Waals surface area contributed by atoms with Gasteiger partial charge in [-0.1, -0.05) is 13.8 Å². The number of amides is 1. The molecule has 0 saturated heterocycles. The molecule has 4 heteroatoms. The summed E-state index contributed by atoms with van der Waals surface area (Å²) in [5.41, 5.74) is 0.181. The molecule has 0 aromatic heterocycles. The lowest BCUT2D eigenvalue weighted by Crippen LogP contribution is -2.37. The maximum absolute atomic E-state index is 11.9. The van der Waals surface area contributed by atoms with Crippen LogP contribution in [0.3, 0.4) is 0 Å². The molecule has 0 radical (unpaired) electrons. The van der Waals surface area contributed by atoms with Crippen molar-refractivity contribution in [1.82, 2.24) is 5.32 Å². The van der Waals surface area contributed by atoms with Crippen LogP contribution in [0.25, 0.3) is 0 Å². The molecule has 13 heavy (non-hydrogen) atoms. The Labute approximate surface area is 76.7 Å². The molecule has 0 aromatic rings. The fourth-order valence-corrected chi connectivity index (χ4v) is 1.82. The molecule has 0 aromatic carbocycles. The second-order valence-corrected chi connectivity index (χ2v) is 4.41. The van der Waals surface area contributed by atoms with Crippen molar-refractivity contribution >= 4 is 5.91 Å². The molecule has 1 atom stereocenters. The highest BCUT2D eigenvalue weighted by atomic mass is 19.3. The number of hydrogen-bond donors (Lipinski definition) is 1. The van der Waals surface area contributed by atoms with Gasteiger partial charge in [0.05, 0.1) is 0 Å². The summed E-state index contributed by atoms with van der Waals surface area (Å²) in [4.78, 5) is 10.6. The Bertz CT molecular complexity index is 204. The summed E-state index contributed by atoms with van der Waals surface area (Å²) in [6.07, 6.45) is -0.290. The Morgan fingerprint density at radius 3 is 2.54 bits per heavy atom. The third-order valence-corrected chi connectivity index (χ3v) is 2.51. The van der Waals surface area contributed by atoms with E-state index in [1.807, 2.05) is 0 Å². The molecule has 1 aliphatic carbocycles. The minimum atomic E-state index is -2.89. The second kappa shape index (κ2) is 3.60. The van der Waals surface area contributed by atoms with Crippen molar-refractivity contribution in [3.8, 4) is 0 Å². The third-order valence-electron chi connectivity index (χ3n) is 2.51. The fourth-order valence-electron chi connectivity index (χ4n) is 1.82. The lowest BCUT2D eigenvalue weighted by atomic mass is 9.92. The SMILES string of the molecule is CC1(C)CCC(NC(=O)C(F)F)C1. The molecule has 1 amide bonds. The van der Waals surface area contributed by atoms with Crippen molar-refractivity contribution < 1.29 is 13.6 Å². The van der Waals surface area contributed by atoms with Crippen LogP contribution in [0.2, 0.25) is 0 Å². The molecule has 0 aliphatic heterocycles. The predicted molar refractivity (Wildman–Crippen MR) is 45.6 cm³/mol. The summed E-state index contributed by atoms with van der Waals surface area (Å²) < 4.78 is 23.7.